The first-order valence-electron chi connectivity index (χ1n) is 4.74. The third-order valence-corrected chi connectivity index (χ3v) is 2.19. The van der Waals surface area contributed by atoms with E-state index in [2.05, 4.69) is 0 Å². The van der Waals surface area contributed by atoms with Gasteiger partial charge in [-0.05, 0) is 32.6 Å². The molecular formula is C9H16F3NO3. The minimum absolute atomic E-state index is 0.0162. The Bertz CT molecular complexity index is 243. The van der Waals surface area contributed by atoms with Gasteiger partial charge in [-0.3, -0.25) is 0 Å². The van der Waals surface area contributed by atoms with Gasteiger partial charge >= 0.3 is 12.1 Å². The highest BCUT2D eigenvalue weighted by Gasteiger charge is 2.38. The van der Waals surface area contributed by atoms with E-state index in [-0.39, 0.29) is 6.04 Å². The van der Waals surface area contributed by atoms with Crippen molar-refractivity contribution < 1.29 is 28.2 Å². The van der Waals surface area contributed by atoms with Gasteiger partial charge in [0.05, 0.1) is 5.60 Å². The Balaban J connectivity index is 0.000000293. The number of hydrogen-bond donors (Lipinski definition) is 3. The second-order valence-electron chi connectivity index (χ2n) is 4.32. The first-order valence-corrected chi connectivity index (χ1v) is 4.74. The van der Waals surface area contributed by atoms with E-state index < -0.39 is 17.7 Å². The van der Waals surface area contributed by atoms with Crippen molar-refractivity contribution in [2.75, 3.05) is 0 Å². The summed E-state index contributed by atoms with van der Waals surface area (Å²) in [7, 11) is 0. The summed E-state index contributed by atoms with van der Waals surface area (Å²) in [6.07, 6.45) is -2.68. The molecule has 1 atom stereocenters. The number of halogens is 3. The Morgan fingerprint density at radius 3 is 1.75 bits per heavy atom. The number of alkyl halides is 3. The third kappa shape index (κ3) is 5.92. The lowest BCUT2D eigenvalue weighted by atomic mass is 9.96. The van der Waals surface area contributed by atoms with Crippen molar-refractivity contribution >= 4 is 5.97 Å². The fourth-order valence-corrected chi connectivity index (χ4v) is 1.03. The van der Waals surface area contributed by atoms with Gasteiger partial charge in [-0.2, -0.15) is 13.2 Å². The number of hydrogen-bond acceptors (Lipinski definition) is 3. The summed E-state index contributed by atoms with van der Waals surface area (Å²) < 4.78 is 31.7. The number of nitrogens with two attached hydrogens (primary N) is 1. The molecule has 0 aliphatic heterocycles. The molecule has 16 heavy (non-hydrogen) atoms. The average molecular weight is 243 g/mol. The maximum absolute atomic E-state index is 10.6. The molecule has 1 aliphatic carbocycles. The van der Waals surface area contributed by atoms with Gasteiger partial charge in [0, 0.05) is 6.04 Å². The number of carboxylic acid groups (broad SMARTS) is 1. The molecule has 0 saturated heterocycles. The van der Waals surface area contributed by atoms with Gasteiger partial charge in [0.2, 0.25) is 0 Å². The van der Waals surface area contributed by atoms with Crippen molar-refractivity contribution in [3.8, 4) is 0 Å². The monoisotopic (exact) mass is 243 g/mol. The average Bonchev–Trinajstić information content (AvgIpc) is 2.82. The van der Waals surface area contributed by atoms with Crippen LogP contribution in [0.4, 0.5) is 13.2 Å². The van der Waals surface area contributed by atoms with Crippen LogP contribution in [0.3, 0.4) is 0 Å². The van der Waals surface area contributed by atoms with Crippen molar-refractivity contribution in [1.29, 1.82) is 0 Å². The molecule has 7 heteroatoms. The molecular weight excluding hydrogens is 227 g/mol. The van der Waals surface area contributed by atoms with Crippen molar-refractivity contribution in [1.82, 2.24) is 0 Å². The van der Waals surface area contributed by atoms with E-state index in [0.717, 1.165) is 0 Å². The zero-order chi connectivity index (χ0) is 13.1. The molecule has 1 unspecified atom stereocenters. The fourth-order valence-electron chi connectivity index (χ4n) is 1.03. The Morgan fingerprint density at radius 2 is 1.69 bits per heavy atom. The second-order valence-corrected chi connectivity index (χ2v) is 4.32. The summed E-state index contributed by atoms with van der Waals surface area (Å²) in [5, 5.41) is 16.5. The molecule has 0 aromatic carbocycles. The van der Waals surface area contributed by atoms with Gasteiger partial charge < -0.3 is 15.9 Å². The van der Waals surface area contributed by atoms with Crippen LogP contribution >= 0.6 is 0 Å². The normalized spacial score (nSPS) is 18.4. The fraction of sp³-hybridized carbons (Fsp3) is 0.889. The third-order valence-electron chi connectivity index (χ3n) is 2.19. The van der Waals surface area contributed by atoms with Crippen LogP contribution in [0.1, 0.15) is 26.7 Å². The van der Waals surface area contributed by atoms with Gasteiger partial charge in [0.1, 0.15) is 0 Å². The van der Waals surface area contributed by atoms with Crippen molar-refractivity contribution in [2.24, 2.45) is 11.7 Å². The molecule has 0 heterocycles. The van der Waals surface area contributed by atoms with Crippen LogP contribution < -0.4 is 5.73 Å². The van der Waals surface area contributed by atoms with Crippen LogP contribution in [-0.2, 0) is 4.79 Å². The minimum atomic E-state index is -5.08. The first-order chi connectivity index (χ1) is 6.96. The highest BCUT2D eigenvalue weighted by Crippen LogP contribution is 2.35. The summed E-state index contributed by atoms with van der Waals surface area (Å²) in [6.45, 7) is 3.55. The topological polar surface area (TPSA) is 83.5 Å². The SMILES string of the molecule is CC(C)(O)C(N)C1CC1.O=C(O)C(F)(F)F. The number of aliphatic carboxylic acids is 1. The van der Waals surface area contributed by atoms with E-state index in [1.54, 1.807) is 13.8 Å². The molecule has 0 aromatic rings. The molecule has 0 aromatic heterocycles. The summed E-state index contributed by atoms with van der Waals surface area (Å²) in [5.41, 5.74) is 5.03. The number of carbonyl (C=O) groups is 1. The summed E-state index contributed by atoms with van der Waals surface area (Å²) >= 11 is 0. The van der Waals surface area contributed by atoms with Crippen LogP contribution in [0.25, 0.3) is 0 Å². The van der Waals surface area contributed by atoms with Gasteiger partial charge in [-0.15, -0.1) is 0 Å². The van der Waals surface area contributed by atoms with Crippen LogP contribution in [0.2, 0.25) is 0 Å². The molecule has 0 radical (unpaired) electrons. The molecule has 1 saturated carbocycles. The van der Waals surface area contributed by atoms with E-state index in [9.17, 15) is 18.3 Å². The van der Waals surface area contributed by atoms with Gasteiger partial charge in [-0.25, -0.2) is 4.79 Å². The van der Waals surface area contributed by atoms with E-state index in [1.807, 2.05) is 0 Å². The maximum Gasteiger partial charge on any atom is 0.490 e. The summed E-state index contributed by atoms with van der Waals surface area (Å²) in [4.78, 5) is 8.90. The summed E-state index contributed by atoms with van der Waals surface area (Å²) in [6, 6.07) is -0.0162. The molecule has 4 nitrogen and oxygen atoms in total. The quantitative estimate of drug-likeness (QED) is 0.678. The Kier molecular flexibility index (Phi) is 4.75. The van der Waals surface area contributed by atoms with Crippen LogP contribution in [0.5, 0.6) is 0 Å². The molecule has 0 spiro atoms. The highest BCUT2D eigenvalue weighted by atomic mass is 19.4. The lowest BCUT2D eigenvalue weighted by Crippen LogP contribution is -2.44. The van der Waals surface area contributed by atoms with E-state index in [1.165, 1.54) is 12.8 Å². The molecule has 1 rings (SSSR count). The largest absolute Gasteiger partial charge is 0.490 e. The van der Waals surface area contributed by atoms with E-state index in [4.69, 9.17) is 15.6 Å². The van der Waals surface area contributed by atoms with Crippen molar-refractivity contribution in [3.05, 3.63) is 0 Å². The standard InChI is InChI=1S/C7H15NO.C2HF3O2/c1-7(2,9)6(8)5-3-4-5;3-2(4,5)1(6)7/h5-6,9H,3-4,8H2,1-2H3;(H,6,7). The highest BCUT2D eigenvalue weighted by molar-refractivity contribution is 5.73. The molecule has 96 valence electrons. The van der Waals surface area contributed by atoms with Crippen molar-refractivity contribution in [2.45, 2.75) is 44.5 Å². The number of rotatable bonds is 2. The zero-order valence-electron chi connectivity index (χ0n) is 9.08. The summed E-state index contributed by atoms with van der Waals surface area (Å²) in [5.74, 6) is -2.17. The lowest BCUT2D eigenvalue weighted by Gasteiger charge is -2.25. The predicted octanol–water partition coefficient (Wildman–Crippen LogP) is 1.13. The van der Waals surface area contributed by atoms with Crippen LogP contribution in [0, 0.1) is 5.92 Å². The van der Waals surface area contributed by atoms with E-state index in [0.29, 0.717) is 5.92 Å². The Hall–Kier alpha value is -0.820. The van der Waals surface area contributed by atoms with Crippen molar-refractivity contribution in [3.63, 3.8) is 0 Å². The Morgan fingerprint density at radius 1 is 1.38 bits per heavy atom. The molecule has 4 N–H and O–H groups in total. The molecule has 0 amide bonds. The number of aliphatic hydroxyl groups is 1. The lowest BCUT2D eigenvalue weighted by molar-refractivity contribution is -0.192. The zero-order valence-corrected chi connectivity index (χ0v) is 9.08. The van der Waals surface area contributed by atoms with Gasteiger partial charge in [0.15, 0.2) is 0 Å². The Labute approximate surface area is 91.2 Å². The molecule has 0 bridgehead atoms. The predicted molar refractivity (Wildman–Crippen MR) is 50.7 cm³/mol. The van der Waals surface area contributed by atoms with Crippen LogP contribution in [0.15, 0.2) is 0 Å². The van der Waals surface area contributed by atoms with Crippen LogP contribution in [-0.4, -0.2) is 34.0 Å². The van der Waals surface area contributed by atoms with Gasteiger partial charge in [0.25, 0.3) is 0 Å². The smallest absolute Gasteiger partial charge is 0.475 e. The maximum atomic E-state index is 10.6. The molecule has 1 fully saturated rings. The number of carboxylic acids is 1. The van der Waals surface area contributed by atoms with E-state index >= 15 is 0 Å². The van der Waals surface area contributed by atoms with Gasteiger partial charge in [-0.1, -0.05) is 0 Å². The molecule has 1 aliphatic rings. The first kappa shape index (κ1) is 15.2. The second kappa shape index (κ2) is 5.01. The minimum Gasteiger partial charge on any atom is -0.475 e.